The third kappa shape index (κ3) is 2.97. The predicted octanol–water partition coefficient (Wildman–Crippen LogP) is 2.38. The van der Waals surface area contributed by atoms with Crippen molar-refractivity contribution in [1.82, 2.24) is 19.9 Å². The molecule has 0 unspecified atom stereocenters. The molecule has 0 fully saturated rings. The zero-order chi connectivity index (χ0) is 17.2. The summed E-state index contributed by atoms with van der Waals surface area (Å²) >= 11 is 1.65. The number of fused-ring (bicyclic) bond motifs is 3. The molecule has 4 rings (SSSR count). The number of pyridine rings is 1. The molecule has 0 saturated carbocycles. The molecule has 25 heavy (non-hydrogen) atoms. The first-order chi connectivity index (χ1) is 12.3. The van der Waals surface area contributed by atoms with Crippen molar-refractivity contribution in [3.63, 3.8) is 0 Å². The molecule has 3 aromatic heterocycles. The summed E-state index contributed by atoms with van der Waals surface area (Å²) < 4.78 is 1.61. The van der Waals surface area contributed by atoms with Crippen LogP contribution in [0.3, 0.4) is 0 Å². The van der Waals surface area contributed by atoms with E-state index in [0.717, 1.165) is 34.1 Å². The van der Waals surface area contributed by atoms with Crippen molar-refractivity contribution in [3.05, 3.63) is 57.1 Å². The number of thiophene rings is 1. The van der Waals surface area contributed by atoms with E-state index in [2.05, 4.69) is 39.1 Å². The summed E-state index contributed by atoms with van der Waals surface area (Å²) in [4.78, 5) is 12.2. The summed E-state index contributed by atoms with van der Waals surface area (Å²) in [5.74, 6) is 0. The molecule has 4 aromatic rings. The highest BCUT2D eigenvalue weighted by Crippen LogP contribution is 2.28. The Balaban J connectivity index is 1.86. The zero-order valence-corrected chi connectivity index (χ0v) is 14.3. The van der Waals surface area contributed by atoms with E-state index in [4.69, 9.17) is 5.11 Å². The quantitative estimate of drug-likeness (QED) is 0.464. The van der Waals surface area contributed by atoms with Crippen LogP contribution in [-0.2, 0) is 6.54 Å². The molecule has 128 valence electrons. The van der Waals surface area contributed by atoms with Gasteiger partial charge in [-0.2, -0.15) is 16.4 Å². The van der Waals surface area contributed by atoms with Crippen molar-refractivity contribution in [1.29, 1.82) is 0 Å². The molecule has 0 amide bonds. The molecule has 0 aliphatic heterocycles. The Morgan fingerprint density at radius 1 is 1.24 bits per heavy atom. The second kappa shape index (κ2) is 6.79. The first kappa shape index (κ1) is 16.0. The Morgan fingerprint density at radius 3 is 2.96 bits per heavy atom. The van der Waals surface area contributed by atoms with E-state index >= 15 is 0 Å². The second-order valence-corrected chi connectivity index (χ2v) is 6.67. The van der Waals surface area contributed by atoms with Crippen LogP contribution in [0, 0.1) is 0 Å². The Morgan fingerprint density at radius 2 is 2.16 bits per heavy atom. The fourth-order valence-electron chi connectivity index (χ4n) is 3.04. The van der Waals surface area contributed by atoms with E-state index in [9.17, 15) is 4.79 Å². The lowest BCUT2D eigenvalue weighted by atomic mass is 10.0. The van der Waals surface area contributed by atoms with Gasteiger partial charge in [0.1, 0.15) is 0 Å². The van der Waals surface area contributed by atoms with E-state index in [1.54, 1.807) is 15.7 Å². The van der Waals surface area contributed by atoms with Crippen LogP contribution < -0.4 is 11.0 Å². The summed E-state index contributed by atoms with van der Waals surface area (Å²) in [6.45, 7) is 1.57. The third-order valence-electron chi connectivity index (χ3n) is 4.27. The van der Waals surface area contributed by atoms with Gasteiger partial charge in [0.25, 0.3) is 0 Å². The van der Waals surface area contributed by atoms with Gasteiger partial charge in [0.05, 0.1) is 5.52 Å². The van der Waals surface area contributed by atoms with Crippen molar-refractivity contribution < 1.29 is 5.11 Å². The predicted molar refractivity (Wildman–Crippen MR) is 100 cm³/mol. The molecule has 0 atom stereocenters. The van der Waals surface area contributed by atoms with Gasteiger partial charge in [-0.05, 0) is 58.6 Å². The smallest absolute Gasteiger partial charge is 0.348 e. The molecule has 1 aromatic carbocycles. The van der Waals surface area contributed by atoms with Crippen LogP contribution in [0.4, 0.5) is 0 Å². The highest BCUT2D eigenvalue weighted by atomic mass is 32.1. The third-order valence-corrected chi connectivity index (χ3v) is 4.95. The molecule has 3 heterocycles. The monoisotopic (exact) mass is 354 g/mol. The van der Waals surface area contributed by atoms with Crippen LogP contribution in [0.15, 0.2) is 45.9 Å². The summed E-state index contributed by atoms with van der Waals surface area (Å²) in [5, 5.41) is 24.0. The molecule has 3 N–H and O–H groups in total. The van der Waals surface area contributed by atoms with Crippen LogP contribution in [0.1, 0.15) is 12.0 Å². The number of hydrogen-bond donors (Lipinski definition) is 3. The van der Waals surface area contributed by atoms with Crippen molar-refractivity contribution in [2.45, 2.75) is 13.0 Å². The topological polar surface area (TPSA) is 82.4 Å². The standard InChI is InChI=1S/C18H18N4O2S/c23-6-1-5-19-10-14-9-17-20-21-18(24)22(17)16-8-12(2-3-15(14)16)13-4-7-25-11-13/h2-4,7-9,11,19,23H,1,5-6,10H2,(H,21,24). The van der Waals surface area contributed by atoms with Gasteiger partial charge >= 0.3 is 5.69 Å². The maximum absolute atomic E-state index is 12.2. The number of nitrogens with one attached hydrogen (secondary N) is 2. The Labute approximate surface area is 147 Å². The molecular formula is C18H18N4O2S. The number of nitrogens with zero attached hydrogens (tertiary/aromatic N) is 2. The van der Waals surface area contributed by atoms with Gasteiger partial charge in [-0.1, -0.05) is 12.1 Å². The van der Waals surface area contributed by atoms with Gasteiger partial charge < -0.3 is 10.4 Å². The minimum atomic E-state index is -0.234. The van der Waals surface area contributed by atoms with Crippen LogP contribution in [0.2, 0.25) is 0 Å². The van der Waals surface area contributed by atoms with Crippen molar-refractivity contribution in [3.8, 4) is 11.1 Å². The van der Waals surface area contributed by atoms with Crippen LogP contribution in [0.25, 0.3) is 27.7 Å². The SMILES string of the molecule is O=c1[nH]nc2cc(CNCCCO)c3ccc(-c4ccsc4)cc3n12. The Hall–Kier alpha value is -2.48. The fourth-order valence-corrected chi connectivity index (χ4v) is 3.71. The molecule has 6 nitrogen and oxygen atoms in total. The maximum Gasteiger partial charge on any atom is 0.348 e. The molecule has 0 bridgehead atoms. The molecule has 0 saturated heterocycles. The fraction of sp³-hybridized carbons (Fsp3) is 0.222. The van der Waals surface area contributed by atoms with Gasteiger partial charge in [-0.15, -0.1) is 0 Å². The maximum atomic E-state index is 12.2. The van der Waals surface area contributed by atoms with E-state index < -0.39 is 0 Å². The highest BCUT2D eigenvalue weighted by molar-refractivity contribution is 7.08. The number of aromatic amines is 1. The average Bonchev–Trinajstić information content (AvgIpc) is 3.28. The highest BCUT2D eigenvalue weighted by Gasteiger charge is 2.11. The van der Waals surface area contributed by atoms with Gasteiger partial charge in [-0.25, -0.2) is 14.3 Å². The molecule has 0 aliphatic rings. The zero-order valence-electron chi connectivity index (χ0n) is 13.5. The number of benzene rings is 1. The van der Waals surface area contributed by atoms with Gasteiger partial charge in [-0.3, -0.25) is 0 Å². The van der Waals surface area contributed by atoms with Crippen LogP contribution in [-0.4, -0.2) is 32.9 Å². The minimum absolute atomic E-state index is 0.172. The lowest BCUT2D eigenvalue weighted by Crippen LogP contribution is -2.17. The number of aliphatic hydroxyl groups excluding tert-OH is 1. The number of hydrogen-bond acceptors (Lipinski definition) is 5. The molecule has 0 aliphatic carbocycles. The number of aromatic nitrogens is 3. The normalized spacial score (nSPS) is 11.6. The van der Waals surface area contributed by atoms with Gasteiger partial charge in [0.2, 0.25) is 0 Å². The molecule has 0 spiro atoms. The Kier molecular flexibility index (Phi) is 4.35. The van der Waals surface area contributed by atoms with Crippen molar-refractivity contribution >= 4 is 27.9 Å². The van der Waals surface area contributed by atoms with Gasteiger partial charge in [0.15, 0.2) is 5.65 Å². The minimum Gasteiger partial charge on any atom is -0.396 e. The largest absolute Gasteiger partial charge is 0.396 e. The van der Waals surface area contributed by atoms with E-state index in [1.165, 1.54) is 0 Å². The summed E-state index contributed by atoms with van der Waals surface area (Å²) in [7, 11) is 0. The number of rotatable bonds is 6. The number of H-pyrrole nitrogens is 1. The van der Waals surface area contributed by atoms with Gasteiger partial charge in [0, 0.05) is 18.5 Å². The van der Waals surface area contributed by atoms with Crippen molar-refractivity contribution in [2.24, 2.45) is 0 Å². The lowest BCUT2D eigenvalue weighted by molar-refractivity contribution is 0.286. The van der Waals surface area contributed by atoms with E-state index in [1.807, 2.05) is 17.5 Å². The second-order valence-electron chi connectivity index (χ2n) is 5.89. The van der Waals surface area contributed by atoms with E-state index in [-0.39, 0.29) is 12.3 Å². The molecule has 0 radical (unpaired) electrons. The van der Waals surface area contributed by atoms with E-state index in [0.29, 0.717) is 18.6 Å². The van der Waals surface area contributed by atoms with Crippen molar-refractivity contribution in [2.75, 3.05) is 13.2 Å². The summed E-state index contributed by atoms with van der Waals surface area (Å²) in [6, 6.07) is 10.2. The molecular weight excluding hydrogens is 336 g/mol. The van der Waals surface area contributed by atoms with Crippen LogP contribution >= 0.6 is 11.3 Å². The molecule has 7 heteroatoms. The first-order valence-electron chi connectivity index (χ1n) is 8.15. The first-order valence-corrected chi connectivity index (χ1v) is 9.09. The number of aliphatic hydroxyl groups is 1. The van der Waals surface area contributed by atoms with Crippen LogP contribution in [0.5, 0.6) is 0 Å². The summed E-state index contributed by atoms with van der Waals surface area (Å²) in [5.41, 5.74) is 4.52. The average molecular weight is 354 g/mol. The Bertz CT molecular complexity index is 1070. The summed E-state index contributed by atoms with van der Waals surface area (Å²) in [6.07, 6.45) is 0.713. The lowest BCUT2D eigenvalue weighted by Gasteiger charge is -2.11.